The maximum Gasteiger partial charge on any atom is 0.417 e. The topological polar surface area (TPSA) is 22.0 Å². The number of rotatable bonds is 2. The van der Waals surface area contributed by atoms with Crippen LogP contribution < -0.4 is 5.56 Å². The van der Waals surface area contributed by atoms with Crippen molar-refractivity contribution in [3.05, 3.63) is 68.5 Å². The summed E-state index contributed by atoms with van der Waals surface area (Å²) in [5, 5.41) is 0. The van der Waals surface area contributed by atoms with E-state index < -0.39 is 17.3 Å². The van der Waals surface area contributed by atoms with Gasteiger partial charge >= 0.3 is 6.18 Å². The lowest BCUT2D eigenvalue weighted by molar-refractivity contribution is -0.138. The summed E-state index contributed by atoms with van der Waals surface area (Å²) in [6.45, 7) is 0.0875. The first kappa shape index (κ1) is 13.9. The number of alkyl halides is 3. The molecule has 2 rings (SSSR count). The molecule has 1 aromatic carbocycles. The van der Waals surface area contributed by atoms with Crippen LogP contribution in [0.5, 0.6) is 0 Å². The SMILES string of the molecule is O=c1ccc(C(F)(F)F)cn1Cc1ccccc1Br. The Labute approximate surface area is 115 Å². The van der Waals surface area contributed by atoms with Gasteiger partial charge in [0.1, 0.15) is 0 Å². The van der Waals surface area contributed by atoms with Gasteiger partial charge in [0.05, 0.1) is 12.1 Å². The minimum atomic E-state index is -4.45. The predicted molar refractivity (Wildman–Crippen MR) is 68.9 cm³/mol. The molecule has 19 heavy (non-hydrogen) atoms. The van der Waals surface area contributed by atoms with Crippen LogP contribution in [-0.2, 0) is 12.7 Å². The molecule has 0 N–H and O–H groups in total. The molecule has 6 heteroatoms. The van der Waals surface area contributed by atoms with Crippen LogP contribution in [0.4, 0.5) is 13.2 Å². The van der Waals surface area contributed by atoms with E-state index in [1.54, 1.807) is 24.3 Å². The number of halogens is 4. The Bertz CT molecular complexity index is 649. The van der Waals surface area contributed by atoms with Gasteiger partial charge in [0.15, 0.2) is 0 Å². The van der Waals surface area contributed by atoms with E-state index in [-0.39, 0.29) is 6.54 Å². The average molecular weight is 332 g/mol. The molecule has 0 unspecified atom stereocenters. The lowest BCUT2D eigenvalue weighted by Gasteiger charge is -2.11. The Morgan fingerprint density at radius 2 is 1.79 bits per heavy atom. The molecule has 2 nitrogen and oxygen atoms in total. The van der Waals surface area contributed by atoms with Gasteiger partial charge < -0.3 is 4.57 Å². The highest BCUT2D eigenvalue weighted by molar-refractivity contribution is 9.10. The third-order valence-electron chi connectivity index (χ3n) is 2.61. The normalized spacial score (nSPS) is 11.6. The van der Waals surface area contributed by atoms with Crippen molar-refractivity contribution in [2.75, 3.05) is 0 Å². The van der Waals surface area contributed by atoms with Crippen molar-refractivity contribution in [1.82, 2.24) is 4.57 Å². The second kappa shape index (κ2) is 5.21. The first-order valence-corrected chi connectivity index (χ1v) is 6.18. The van der Waals surface area contributed by atoms with Crippen molar-refractivity contribution in [3.63, 3.8) is 0 Å². The predicted octanol–water partition coefficient (Wildman–Crippen LogP) is 3.68. The average Bonchev–Trinajstić information content (AvgIpc) is 2.33. The molecule has 0 aliphatic rings. The van der Waals surface area contributed by atoms with Crippen LogP contribution in [0.3, 0.4) is 0 Å². The Morgan fingerprint density at radius 3 is 2.42 bits per heavy atom. The number of hydrogen-bond acceptors (Lipinski definition) is 1. The summed E-state index contributed by atoms with van der Waals surface area (Å²) in [6, 6.07) is 8.80. The molecule has 1 aromatic heterocycles. The van der Waals surface area contributed by atoms with E-state index in [4.69, 9.17) is 0 Å². The number of aromatic nitrogens is 1. The number of hydrogen-bond donors (Lipinski definition) is 0. The molecule has 100 valence electrons. The molecule has 0 amide bonds. The molecule has 0 atom stereocenters. The summed E-state index contributed by atoms with van der Waals surface area (Å²) >= 11 is 3.30. The van der Waals surface area contributed by atoms with Crippen LogP contribution in [0.1, 0.15) is 11.1 Å². The van der Waals surface area contributed by atoms with E-state index in [2.05, 4.69) is 15.9 Å². The summed E-state index contributed by atoms with van der Waals surface area (Å²) in [7, 11) is 0. The van der Waals surface area contributed by atoms with Gasteiger partial charge in [-0.1, -0.05) is 34.1 Å². The molecule has 0 radical (unpaired) electrons. The first-order chi connectivity index (χ1) is 8.88. The summed E-state index contributed by atoms with van der Waals surface area (Å²) in [6.07, 6.45) is -3.62. The van der Waals surface area contributed by atoms with E-state index in [0.717, 1.165) is 32.9 Å². The van der Waals surface area contributed by atoms with Gasteiger partial charge in [-0.05, 0) is 17.7 Å². The molecule has 0 bridgehead atoms. The van der Waals surface area contributed by atoms with Crippen LogP contribution in [0.25, 0.3) is 0 Å². The Morgan fingerprint density at radius 1 is 1.11 bits per heavy atom. The maximum absolute atomic E-state index is 12.6. The van der Waals surface area contributed by atoms with Crippen LogP contribution in [0, 0.1) is 0 Å². The third-order valence-corrected chi connectivity index (χ3v) is 3.38. The van der Waals surface area contributed by atoms with E-state index in [1.807, 2.05) is 0 Å². The maximum atomic E-state index is 12.6. The van der Waals surface area contributed by atoms with Crippen molar-refractivity contribution >= 4 is 15.9 Å². The third kappa shape index (κ3) is 3.26. The molecule has 2 aromatic rings. The number of pyridine rings is 1. The smallest absolute Gasteiger partial charge is 0.310 e. The Balaban J connectivity index is 2.41. The number of nitrogens with zero attached hydrogens (tertiary/aromatic N) is 1. The molecule has 0 aliphatic heterocycles. The second-order valence-electron chi connectivity index (χ2n) is 3.97. The standard InChI is InChI=1S/C13H9BrF3NO/c14-11-4-2-1-3-9(11)7-18-8-10(13(15,16)17)5-6-12(18)19/h1-6,8H,7H2. The molecule has 0 spiro atoms. The van der Waals surface area contributed by atoms with Gasteiger partial charge in [0, 0.05) is 16.7 Å². The fraction of sp³-hybridized carbons (Fsp3) is 0.154. The zero-order valence-corrected chi connectivity index (χ0v) is 11.2. The summed E-state index contributed by atoms with van der Waals surface area (Å²) in [5.41, 5.74) is -0.563. The highest BCUT2D eigenvalue weighted by Gasteiger charge is 2.31. The Kier molecular flexibility index (Phi) is 3.80. The lowest BCUT2D eigenvalue weighted by Crippen LogP contribution is -2.22. The van der Waals surface area contributed by atoms with Gasteiger partial charge in [-0.3, -0.25) is 4.79 Å². The van der Waals surface area contributed by atoms with Gasteiger partial charge in [0.25, 0.3) is 5.56 Å². The van der Waals surface area contributed by atoms with Gasteiger partial charge in [0.2, 0.25) is 0 Å². The zero-order chi connectivity index (χ0) is 14.0. The van der Waals surface area contributed by atoms with Crippen molar-refractivity contribution in [2.45, 2.75) is 12.7 Å². The Hall–Kier alpha value is -1.56. The van der Waals surface area contributed by atoms with E-state index >= 15 is 0 Å². The van der Waals surface area contributed by atoms with Gasteiger partial charge in [-0.2, -0.15) is 13.2 Å². The highest BCUT2D eigenvalue weighted by Crippen LogP contribution is 2.28. The zero-order valence-electron chi connectivity index (χ0n) is 9.62. The van der Waals surface area contributed by atoms with Crippen molar-refractivity contribution in [1.29, 1.82) is 0 Å². The highest BCUT2D eigenvalue weighted by atomic mass is 79.9. The largest absolute Gasteiger partial charge is 0.417 e. The fourth-order valence-electron chi connectivity index (χ4n) is 1.63. The minimum absolute atomic E-state index is 0.0875. The van der Waals surface area contributed by atoms with E-state index in [1.165, 1.54) is 0 Å². The first-order valence-electron chi connectivity index (χ1n) is 5.39. The van der Waals surface area contributed by atoms with Crippen LogP contribution in [0.2, 0.25) is 0 Å². The molecule has 0 aliphatic carbocycles. The van der Waals surface area contributed by atoms with Crippen LogP contribution in [-0.4, -0.2) is 4.57 Å². The molecular weight excluding hydrogens is 323 g/mol. The molecular formula is C13H9BrF3NO. The molecule has 0 fully saturated rings. The summed E-state index contributed by atoms with van der Waals surface area (Å²) in [4.78, 5) is 11.6. The monoisotopic (exact) mass is 331 g/mol. The van der Waals surface area contributed by atoms with Gasteiger partial charge in [-0.25, -0.2) is 0 Å². The number of benzene rings is 1. The van der Waals surface area contributed by atoms with Crippen LogP contribution in [0.15, 0.2) is 51.9 Å². The lowest BCUT2D eigenvalue weighted by atomic mass is 10.2. The van der Waals surface area contributed by atoms with E-state index in [0.29, 0.717) is 0 Å². The van der Waals surface area contributed by atoms with Crippen molar-refractivity contribution < 1.29 is 13.2 Å². The fourth-order valence-corrected chi connectivity index (χ4v) is 2.04. The summed E-state index contributed by atoms with van der Waals surface area (Å²) in [5.74, 6) is 0. The van der Waals surface area contributed by atoms with Crippen LogP contribution >= 0.6 is 15.9 Å². The van der Waals surface area contributed by atoms with Crippen molar-refractivity contribution in [3.8, 4) is 0 Å². The minimum Gasteiger partial charge on any atom is -0.310 e. The summed E-state index contributed by atoms with van der Waals surface area (Å²) < 4.78 is 39.6. The molecule has 0 saturated heterocycles. The van der Waals surface area contributed by atoms with Crippen molar-refractivity contribution in [2.24, 2.45) is 0 Å². The second-order valence-corrected chi connectivity index (χ2v) is 4.83. The molecule has 1 heterocycles. The van der Waals surface area contributed by atoms with Gasteiger partial charge in [-0.15, -0.1) is 0 Å². The molecule has 0 saturated carbocycles. The van der Waals surface area contributed by atoms with E-state index in [9.17, 15) is 18.0 Å². The quantitative estimate of drug-likeness (QED) is 0.822.